The predicted octanol–water partition coefficient (Wildman–Crippen LogP) is 0.334. The van der Waals surface area contributed by atoms with Gasteiger partial charge in [0.2, 0.25) is 10.0 Å². The average Bonchev–Trinajstić information content (AvgIpc) is 2.18. The summed E-state index contributed by atoms with van der Waals surface area (Å²) in [5.41, 5.74) is 5.52. The van der Waals surface area contributed by atoms with Gasteiger partial charge in [0.05, 0.1) is 10.7 Å². The molecule has 1 aliphatic heterocycles. The molecule has 6 heteroatoms. The molecule has 0 aliphatic carbocycles. The van der Waals surface area contributed by atoms with Crippen molar-refractivity contribution in [1.29, 1.82) is 0 Å². The molecular formula is C8H16N2O2S2. The number of thiocarbonyl (C=S) groups is 1. The summed E-state index contributed by atoms with van der Waals surface area (Å²) < 4.78 is 24.6. The molecule has 1 unspecified atom stereocenters. The van der Waals surface area contributed by atoms with Crippen LogP contribution in [0.1, 0.15) is 19.8 Å². The Kier molecular flexibility index (Phi) is 3.86. The van der Waals surface area contributed by atoms with Crippen LogP contribution in [0.25, 0.3) is 0 Å². The molecule has 82 valence electrons. The van der Waals surface area contributed by atoms with Crippen LogP contribution < -0.4 is 5.73 Å². The lowest BCUT2D eigenvalue weighted by Gasteiger charge is -2.30. The second-order valence-corrected chi connectivity index (χ2v) is 6.23. The molecule has 1 aliphatic rings. The third kappa shape index (κ3) is 2.65. The zero-order valence-corrected chi connectivity index (χ0v) is 9.90. The van der Waals surface area contributed by atoms with Crippen molar-refractivity contribution in [3.63, 3.8) is 0 Å². The summed E-state index contributed by atoms with van der Waals surface area (Å²) in [4.78, 5) is 0.431. The average molecular weight is 236 g/mol. The van der Waals surface area contributed by atoms with E-state index in [0.717, 1.165) is 12.8 Å². The summed E-state index contributed by atoms with van der Waals surface area (Å²) in [5.74, 6) is 0.205. The Morgan fingerprint density at radius 1 is 1.64 bits per heavy atom. The minimum atomic E-state index is -3.07. The lowest BCUT2D eigenvalue weighted by atomic mass is 10.0. The van der Waals surface area contributed by atoms with Gasteiger partial charge in [0, 0.05) is 19.0 Å². The second kappa shape index (κ2) is 4.55. The van der Waals surface area contributed by atoms with E-state index in [9.17, 15) is 8.42 Å². The molecule has 0 bridgehead atoms. The van der Waals surface area contributed by atoms with Crippen LogP contribution in [0.4, 0.5) is 0 Å². The summed E-state index contributed by atoms with van der Waals surface area (Å²) in [6.45, 7) is 2.72. The molecule has 14 heavy (non-hydrogen) atoms. The van der Waals surface area contributed by atoms with Crippen LogP contribution in [0, 0.1) is 5.92 Å². The van der Waals surface area contributed by atoms with Gasteiger partial charge in [-0.3, -0.25) is 0 Å². The number of nitrogens with two attached hydrogens (primary N) is 1. The number of hydrogen-bond acceptors (Lipinski definition) is 3. The van der Waals surface area contributed by atoms with E-state index < -0.39 is 10.0 Å². The van der Waals surface area contributed by atoms with Crippen LogP contribution in [0.3, 0.4) is 0 Å². The van der Waals surface area contributed by atoms with Crippen LogP contribution in [-0.4, -0.2) is 36.6 Å². The van der Waals surface area contributed by atoms with Gasteiger partial charge < -0.3 is 5.73 Å². The van der Waals surface area contributed by atoms with Gasteiger partial charge in [0.15, 0.2) is 0 Å². The highest BCUT2D eigenvalue weighted by atomic mass is 32.2. The van der Waals surface area contributed by atoms with Crippen molar-refractivity contribution >= 4 is 27.2 Å². The normalized spacial score (nSPS) is 24.8. The van der Waals surface area contributed by atoms with Gasteiger partial charge >= 0.3 is 0 Å². The summed E-state index contributed by atoms with van der Waals surface area (Å²) in [7, 11) is -3.07. The van der Waals surface area contributed by atoms with Crippen molar-refractivity contribution in [2.24, 2.45) is 11.7 Å². The lowest BCUT2D eigenvalue weighted by molar-refractivity contribution is 0.313. The molecule has 0 aromatic rings. The van der Waals surface area contributed by atoms with E-state index in [1.807, 2.05) is 0 Å². The first kappa shape index (κ1) is 11.9. The van der Waals surface area contributed by atoms with Gasteiger partial charge in [-0.1, -0.05) is 12.2 Å². The van der Waals surface area contributed by atoms with Crippen molar-refractivity contribution in [1.82, 2.24) is 4.31 Å². The van der Waals surface area contributed by atoms with E-state index in [2.05, 4.69) is 0 Å². The van der Waals surface area contributed by atoms with Crippen LogP contribution >= 0.6 is 12.2 Å². The molecule has 1 atom stereocenters. The second-order valence-electron chi connectivity index (χ2n) is 3.50. The van der Waals surface area contributed by atoms with Crippen molar-refractivity contribution in [3.05, 3.63) is 0 Å². The molecule has 0 aromatic carbocycles. The van der Waals surface area contributed by atoms with E-state index in [0.29, 0.717) is 18.1 Å². The molecule has 4 nitrogen and oxygen atoms in total. The fourth-order valence-electron chi connectivity index (χ4n) is 1.61. The van der Waals surface area contributed by atoms with Gasteiger partial charge in [0.1, 0.15) is 0 Å². The highest BCUT2D eigenvalue weighted by Gasteiger charge is 2.28. The first-order valence-electron chi connectivity index (χ1n) is 4.74. The van der Waals surface area contributed by atoms with Gasteiger partial charge in [-0.2, -0.15) is 0 Å². The topological polar surface area (TPSA) is 63.4 Å². The van der Waals surface area contributed by atoms with Crippen molar-refractivity contribution in [2.75, 3.05) is 18.8 Å². The van der Waals surface area contributed by atoms with Crippen molar-refractivity contribution in [3.8, 4) is 0 Å². The summed E-state index contributed by atoms with van der Waals surface area (Å²) in [6, 6.07) is 0. The quantitative estimate of drug-likeness (QED) is 0.718. The number of piperidine rings is 1. The Balaban J connectivity index is 2.70. The fourth-order valence-corrected chi connectivity index (χ4v) is 2.98. The molecule has 1 heterocycles. The molecule has 2 N–H and O–H groups in total. The monoisotopic (exact) mass is 236 g/mol. The predicted molar refractivity (Wildman–Crippen MR) is 60.5 cm³/mol. The smallest absolute Gasteiger partial charge is 0.213 e. The number of nitrogens with zero attached hydrogens (tertiary/aromatic N) is 1. The molecule has 0 radical (unpaired) electrons. The molecule has 0 spiro atoms. The van der Waals surface area contributed by atoms with E-state index in [1.54, 1.807) is 6.92 Å². The fraction of sp³-hybridized carbons (Fsp3) is 0.875. The molecule has 0 amide bonds. The van der Waals surface area contributed by atoms with Crippen molar-refractivity contribution in [2.45, 2.75) is 19.8 Å². The van der Waals surface area contributed by atoms with Gasteiger partial charge in [-0.15, -0.1) is 0 Å². The van der Waals surface area contributed by atoms with Gasteiger partial charge in [-0.25, -0.2) is 12.7 Å². The highest BCUT2D eigenvalue weighted by Crippen LogP contribution is 2.19. The van der Waals surface area contributed by atoms with Crippen LogP contribution in [0.2, 0.25) is 0 Å². The molecule has 1 fully saturated rings. The third-order valence-corrected chi connectivity index (χ3v) is 4.73. The van der Waals surface area contributed by atoms with Gasteiger partial charge in [-0.05, 0) is 19.8 Å². The van der Waals surface area contributed by atoms with Crippen molar-refractivity contribution < 1.29 is 8.42 Å². The number of hydrogen-bond donors (Lipinski definition) is 1. The molecular weight excluding hydrogens is 220 g/mol. The van der Waals surface area contributed by atoms with Crippen LogP contribution in [0.5, 0.6) is 0 Å². The SMILES string of the molecule is CCS(=O)(=O)N1CCCC(C(N)=S)C1. The zero-order valence-electron chi connectivity index (χ0n) is 8.27. The Morgan fingerprint density at radius 3 is 2.79 bits per heavy atom. The molecule has 0 aromatic heterocycles. The number of rotatable bonds is 3. The van der Waals surface area contributed by atoms with Crippen LogP contribution in [-0.2, 0) is 10.0 Å². The Hall–Kier alpha value is -0.200. The maximum Gasteiger partial charge on any atom is 0.213 e. The largest absolute Gasteiger partial charge is 0.393 e. The van der Waals surface area contributed by atoms with E-state index in [-0.39, 0.29) is 11.7 Å². The first-order valence-corrected chi connectivity index (χ1v) is 6.76. The molecule has 0 saturated carbocycles. The lowest BCUT2D eigenvalue weighted by Crippen LogP contribution is -2.44. The van der Waals surface area contributed by atoms with E-state index >= 15 is 0 Å². The maximum absolute atomic E-state index is 11.6. The summed E-state index contributed by atoms with van der Waals surface area (Å²) in [5, 5.41) is 0. The summed E-state index contributed by atoms with van der Waals surface area (Å²) in [6.07, 6.45) is 1.76. The van der Waals surface area contributed by atoms with E-state index in [1.165, 1.54) is 4.31 Å². The maximum atomic E-state index is 11.6. The standard InChI is InChI=1S/C8H16N2O2S2/c1-2-14(11,12)10-5-3-4-7(6-10)8(9)13/h7H,2-6H2,1H3,(H2,9,13). The Bertz CT molecular complexity index is 313. The Morgan fingerprint density at radius 2 is 2.29 bits per heavy atom. The Labute approximate surface area is 90.5 Å². The zero-order chi connectivity index (χ0) is 10.8. The number of sulfonamides is 1. The van der Waals surface area contributed by atoms with E-state index in [4.69, 9.17) is 18.0 Å². The minimum Gasteiger partial charge on any atom is -0.393 e. The van der Waals surface area contributed by atoms with Gasteiger partial charge in [0.25, 0.3) is 0 Å². The molecule has 1 rings (SSSR count). The third-order valence-electron chi connectivity index (χ3n) is 2.54. The summed E-state index contributed by atoms with van der Waals surface area (Å²) >= 11 is 4.88. The van der Waals surface area contributed by atoms with Crippen LogP contribution in [0.15, 0.2) is 0 Å². The highest BCUT2D eigenvalue weighted by molar-refractivity contribution is 7.89. The first-order chi connectivity index (χ1) is 6.47. The minimum absolute atomic E-state index is 0.0556. The molecule has 1 saturated heterocycles.